The van der Waals surface area contributed by atoms with Gasteiger partial charge in [0.2, 0.25) is 0 Å². The summed E-state index contributed by atoms with van der Waals surface area (Å²) in [6.07, 6.45) is 2.98. The van der Waals surface area contributed by atoms with E-state index >= 15 is 0 Å². The lowest BCUT2D eigenvalue weighted by atomic mass is 9.98. The Bertz CT molecular complexity index is 353. The molecule has 0 aliphatic carbocycles. The van der Waals surface area contributed by atoms with E-state index < -0.39 is 0 Å². The molecule has 18 heavy (non-hydrogen) atoms. The van der Waals surface area contributed by atoms with Crippen LogP contribution in [0.2, 0.25) is 0 Å². The average molecular weight is 318 g/mol. The largest absolute Gasteiger partial charge is 0.380 e. The maximum atomic E-state index is 13.3. The van der Waals surface area contributed by atoms with Crippen LogP contribution in [-0.2, 0) is 11.2 Å². The van der Waals surface area contributed by atoms with E-state index in [0.29, 0.717) is 0 Å². The first-order chi connectivity index (χ1) is 8.60. The Hall–Kier alpha value is -0.450. The van der Waals surface area contributed by atoms with Crippen molar-refractivity contribution in [3.05, 3.63) is 34.1 Å². The second-order valence-corrected chi connectivity index (χ2v) is 5.36. The van der Waals surface area contributed by atoms with E-state index in [1.165, 1.54) is 6.07 Å². The highest BCUT2D eigenvalue weighted by Crippen LogP contribution is 2.18. The summed E-state index contributed by atoms with van der Waals surface area (Å²) in [5.74, 6) is -0.210. The third-order valence-corrected chi connectivity index (χ3v) is 3.53. The lowest BCUT2D eigenvalue weighted by molar-refractivity contribution is 0.0633. The lowest BCUT2D eigenvalue weighted by Gasteiger charge is -2.25. The van der Waals surface area contributed by atoms with Gasteiger partial charge >= 0.3 is 0 Å². The molecule has 0 aromatic heterocycles. The van der Waals surface area contributed by atoms with Crippen molar-refractivity contribution >= 4 is 15.9 Å². The Morgan fingerprint density at radius 2 is 2.11 bits per heavy atom. The number of benzene rings is 1. The molecule has 0 saturated carbocycles. The molecule has 0 fully saturated rings. The molecular weight excluding hydrogens is 297 g/mol. The molecule has 4 heteroatoms. The van der Waals surface area contributed by atoms with E-state index in [1.807, 2.05) is 13.1 Å². The third-order valence-electron chi connectivity index (χ3n) is 3.07. The molecule has 102 valence electrons. The number of methoxy groups -OCH3 is 1. The van der Waals surface area contributed by atoms with Crippen LogP contribution >= 0.6 is 15.9 Å². The Morgan fingerprint density at radius 1 is 1.39 bits per heavy atom. The van der Waals surface area contributed by atoms with E-state index in [0.717, 1.165) is 29.3 Å². The Labute approximate surface area is 117 Å². The van der Waals surface area contributed by atoms with Gasteiger partial charge in [-0.15, -0.1) is 0 Å². The fourth-order valence-electron chi connectivity index (χ4n) is 2.17. The maximum Gasteiger partial charge on any atom is 0.124 e. The Balaban J connectivity index is 2.77. The minimum atomic E-state index is -0.210. The highest BCUT2D eigenvalue weighted by molar-refractivity contribution is 9.10. The molecule has 0 radical (unpaired) electrons. The van der Waals surface area contributed by atoms with Gasteiger partial charge in [0.25, 0.3) is 0 Å². The van der Waals surface area contributed by atoms with Gasteiger partial charge in [-0.1, -0.05) is 29.3 Å². The van der Waals surface area contributed by atoms with Gasteiger partial charge in [-0.25, -0.2) is 4.39 Å². The smallest absolute Gasteiger partial charge is 0.124 e. The van der Waals surface area contributed by atoms with Gasteiger partial charge in [0, 0.05) is 17.6 Å². The van der Waals surface area contributed by atoms with Crippen molar-refractivity contribution in [3.63, 3.8) is 0 Å². The summed E-state index contributed by atoms with van der Waals surface area (Å²) in [7, 11) is 3.65. The zero-order valence-electron chi connectivity index (χ0n) is 11.2. The summed E-state index contributed by atoms with van der Waals surface area (Å²) in [4.78, 5) is 0. The molecule has 0 amide bonds. The van der Waals surface area contributed by atoms with E-state index in [-0.39, 0.29) is 18.0 Å². The molecule has 2 nitrogen and oxygen atoms in total. The van der Waals surface area contributed by atoms with E-state index in [4.69, 9.17) is 4.74 Å². The second-order valence-electron chi connectivity index (χ2n) is 4.44. The van der Waals surface area contributed by atoms with Crippen molar-refractivity contribution in [2.24, 2.45) is 0 Å². The van der Waals surface area contributed by atoms with Crippen LogP contribution in [0.25, 0.3) is 0 Å². The number of halogens is 2. The fraction of sp³-hybridized carbons (Fsp3) is 0.571. The summed E-state index contributed by atoms with van der Waals surface area (Å²) in [5.41, 5.74) is 0.972. The number of likely N-dealkylation sites (N-methyl/N-ethyl adjacent to an activating group) is 1. The summed E-state index contributed by atoms with van der Waals surface area (Å²) < 4.78 is 19.6. The molecule has 0 bridgehead atoms. The van der Waals surface area contributed by atoms with E-state index in [2.05, 4.69) is 28.2 Å². The van der Waals surface area contributed by atoms with Crippen molar-refractivity contribution < 1.29 is 9.13 Å². The van der Waals surface area contributed by atoms with Gasteiger partial charge in [0.15, 0.2) is 0 Å². The monoisotopic (exact) mass is 317 g/mol. The highest BCUT2D eigenvalue weighted by atomic mass is 79.9. The maximum absolute atomic E-state index is 13.3. The van der Waals surface area contributed by atoms with Crippen LogP contribution in [0.1, 0.15) is 25.3 Å². The molecule has 0 aliphatic heterocycles. The summed E-state index contributed by atoms with van der Waals surface area (Å²) in [5, 5.41) is 3.26. The van der Waals surface area contributed by atoms with Crippen LogP contribution in [0.15, 0.2) is 22.7 Å². The van der Waals surface area contributed by atoms with Crippen LogP contribution in [0.4, 0.5) is 4.39 Å². The first kappa shape index (κ1) is 15.6. The molecule has 1 aromatic carbocycles. The summed E-state index contributed by atoms with van der Waals surface area (Å²) >= 11 is 3.32. The van der Waals surface area contributed by atoms with Crippen LogP contribution in [0, 0.1) is 5.82 Å². The number of nitrogens with one attached hydrogen (secondary N) is 1. The zero-order valence-corrected chi connectivity index (χ0v) is 12.8. The van der Waals surface area contributed by atoms with E-state index in [1.54, 1.807) is 13.2 Å². The molecule has 1 aromatic rings. The zero-order chi connectivity index (χ0) is 13.5. The minimum absolute atomic E-state index is 0.155. The molecule has 0 heterocycles. The fourth-order valence-corrected chi connectivity index (χ4v) is 2.68. The van der Waals surface area contributed by atoms with Crippen LogP contribution in [0.3, 0.4) is 0 Å². The predicted molar refractivity (Wildman–Crippen MR) is 76.4 cm³/mol. The lowest BCUT2D eigenvalue weighted by Crippen LogP contribution is -2.40. The average Bonchev–Trinajstić information content (AvgIpc) is 2.32. The van der Waals surface area contributed by atoms with Gasteiger partial charge in [-0.3, -0.25) is 0 Å². The van der Waals surface area contributed by atoms with Crippen molar-refractivity contribution in [1.82, 2.24) is 5.32 Å². The topological polar surface area (TPSA) is 21.3 Å². The van der Waals surface area contributed by atoms with Crippen LogP contribution in [0.5, 0.6) is 0 Å². The SMILES string of the molecule is CCCC(OC)C(Cc1cc(F)cc(Br)c1)NC. The molecule has 1 N–H and O–H groups in total. The van der Waals surface area contributed by atoms with Gasteiger partial charge < -0.3 is 10.1 Å². The minimum Gasteiger partial charge on any atom is -0.380 e. The molecule has 0 spiro atoms. The number of rotatable bonds is 7. The molecule has 1 rings (SSSR count). The number of hydrogen-bond donors (Lipinski definition) is 1. The molecule has 2 atom stereocenters. The third kappa shape index (κ3) is 4.67. The van der Waals surface area contributed by atoms with Crippen LogP contribution in [-0.4, -0.2) is 26.3 Å². The Morgan fingerprint density at radius 3 is 2.61 bits per heavy atom. The molecular formula is C14H21BrFNO. The van der Waals surface area contributed by atoms with Crippen LogP contribution < -0.4 is 5.32 Å². The normalized spacial score (nSPS) is 14.5. The van der Waals surface area contributed by atoms with Gasteiger partial charge in [-0.2, -0.15) is 0 Å². The predicted octanol–water partition coefficient (Wildman–Crippen LogP) is 3.53. The highest BCUT2D eigenvalue weighted by Gasteiger charge is 2.19. The molecule has 0 aliphatic rings. The van der Waals surface area contributed by atoms with Crippen molar-refractivity contribution in [2.45, 2.75) is 38.3 Å². The first-order valence-electron chi connectivity index (χ1n) is 6.25. The Kier molecular flexibility index (Phi) is 6.82. The summed E-state index contributed by atoms with van der Waals surface area (Å²) in [6.45, 7) is 2.14. The van der Waals surface area contributed by atoms with Crippen molar-refractivity contribution in [1.29, 1.82) is 0 Å². The summed E-state index contributed by atoms with van der Waals surface area (Å²) in [6, 6.07) is 5.20. The first-order valence-corrected chi connectivity index (χ1v) is 7.05. The van der Waals surface area contributed by atoms with Gasteiger partial charge in [0.1, 0.15) is 5.82 Å². The standard InChI is InChI=1S/C14H21BrFNO/c1-4-5-14(18-3)13(17-2)8-10-6-11(15)9-12(16)7-10/h6-7,9,13-14,17H,4-5,8H2,1-3H3. The number of ether oxygens (including phenoxy) is 1. The van der Waals surface area contributed by atoms with Gasteiger partial charge in [-0.05, 0) is 43.7 Å². The number of hydrogen-bond acceptors (Lipinski definition) is 2. The van der Waals surface area contributed by atoms with Gasteiger partial charge in [0.05, 0.1) is 6.10 Å². The van der Waals surface area contributed by atoms with Crippen molar-refractivity contribution in [2.75, 3.05) is 14.2 Å². The quantitative estimate of drug-likeness (QED) is 0.830. The molecule has 0 saturated heterocycles. The second kappa shape index (κ2) is 7.87. The molecule has 2 unspecified atom stereocenters. The van der Waals surface area contributed by atoms with Crippen molar-refractivity contribution in [3.8, 4) is 0 Å². The van der Waals surface area contributed by atoms with E-state index in [9.17, 15) is 4.39 Å².